The van der Waals surface area contributed by atoms with Gasteiger partial charge in [-0.2, -0.15) is 0 Å². The Morgan fingerprint density at radius 3 is 1.94 bits per heavy atom. The standard InChI is InChI=1S/C9H13NO7/c1-4(7(14)15)6(13)9(10,8(16)17)3-2-5(11)12/h4H,2-3,10H2,1H3,(H,11,12)(H,14,15)(H,16,17). The van der Waals surface area contributed by atoms with Gasteiger partial charge < -0.3 is 21.1 Å². The Morgan fingerprint density at radius 2 is 1.65 bits per heavy atom. The quantitative estimate of drug-likeness (QED) is 0.414. The molecule has 0 saturated carbocycles. The lowest BCUT2D eigenvalue weighted by atomic mass is 9.83. The van der Waals surface area contributed by atoms with Gasteiger partial charge in [-0.3, -0.25) is 14.4 Å². The molecule has 2 atom stereocenters. The summed E-state index contributed by atoms with van der Waals surface area (Å²) in [5.74, 6) is -7.40. The zero-order valence-electron chi connectivity index (χ0n) is 9.04. The molecule has 8 nitrogen and oxygen atoms in total. The Hall–Kier alpha value is -1.96. The molecule has 0 heterocycles. The number of aliphatic carboxylic acids is 3. The van der Waals surface area contributed by atoms with E-state index in [1.807, 2.05) is 0 Å². The van der Waals surface area contributed by atoms with E-state index in [4.69, 9.17) is 21.1 Å². The van der Waals surface area contributed by atoms with E-state index in [1.165, 1.54) is 0 Å². The number of hydrogen-bond donors (Lipinski definition) is 4. The summed E-state index contributed by atoms with van der Waals surface area (Å²) < 4.78 is 0. The Morgan fingerprint density at radius 1 is 1.18 bits per heavy atom. The first-order valence-corrected chi connectivity index (χ1v) is 4.64. The normalized spacial score (nSPS) is 15.6. The Kier molecular flexibility index (Phi) is 4.77. The number of rotatable bonds is 7. The third-order valence-electron chi connectivity index (χ3n) is 2.32. The van der Waals surface area contributed by atoms with Gasteiger partial charge in [-0.25, -0.2) is 4.79 Å². The van der Waals surface area contributed by atoms with Gasteiger partial charge in [-0.05, 0) is 13.3 Å². The predicted molar refractivity (Wildman–Crippen MR) is 53.2 cm³/mol. The molecule has 0 fully saturated rings. The maximum absolute atomic E-state index is 11.6. The minimum Gasteiger partial charge on any atom is -0.481 e. The summed E-state index contributed by atoms with van der Waals surface area (Å²) in [6.07, 6.45) is -1.30. The highest BCUT2D eigenvalue weighted by atomic mass is 16.4. The van der Waals surface area contributed by atoms with Gasteiger partial charge in [0.05, 0.1) is 0 Å². The van der Waals surface area contributed by atoms with E-state index in [1.54, 1.807) is 0 Å². The van der Waals surface area contributed by atoms with Crippen molar-refractivity contribution in [2.75, 3.05) is 0 Å². The zero-order chi connectivity index (χ0) is 13.8. The van der Waals surface area contributed by atoms with Crippen LogP contribution in [0.5, 0.6) is 0 Å². The lowest BCUT2D eigenvalue weighted by Crippen LogP contribution is -2.58. The third-order valence-corrected chi connectivity index (χ3v) is 2.32. The van der Waals surface area contributed by atoms with Crippen molar-refractivity contribution >= 4 is 23.7 Å². The van der Waals surface area contributed by atoms with Crippen molar-refractivity contribution in [3.63, 3.8) is 0 Å². The van der Waals surface area contributed by atoms with Crippen LogP contribution in [0.2, 0.25) is 0 Å². The van der Waals surface area contributed by atoms with Crippen molar-refractivity contribution in [2.24, 2.45) is 11.7 Å². The average Bonchev–Trinajstić information content (AvgIpc) is 2.23. The second kappa shape index (κ2) is 5.39. The number of carbonyl (C=O) groups is 4. The minimum absolute atomic E-state index is 0.638. The summed E-state index contributed by atoms with van der Waals surface area (Å²) in [7, 11) is 0. The molecule has 0 spiro atoms. The number of ketones is 1. The van der Waals surface area contributed by atoms with Gasteiger partial charge in [0.2, 0.25) is 0 Å². The van der Waals surface area contributed by atoms with Crippen molar-refractivity contribution in [3.8, 4) is 0 Å². The predicted octanol–water partition coefficient (Wildman–Crippen LogP) is -1.08. The number of nitrogens with two attached hydrogens (primary N) is 1. The SMILES string of the molecule is CC(C(=O)O)C(=O)C(N)(CCC(=O)O)C(=O)O. The molecule has 96 valence electrons. The van der Waals surface area contributed by atoms with Crippen LogP contribution in [0, 0.1) is 5.92 Å². The third kappa shape index (κ3) is 3.52. The van der Waals surface area contributed by atoms with Gasteiger partial charge in [0.15, 0.2) is 11.3 Å². The van der Waals surface area contributed by atoms with Crippen molar-refractivity contribution < 1.29 is 34.5 Å². The molecule has 0 amide bonds. The van der Waals surface area contributed by atoms with Crippen LogP contribution in [0.25, 0.3) is 0 Å². The fourth-order valence-electron chi connectivity index (χ4n) is 1.14. The van der Waals surface area contributed by atoms with Gasteiger partial charge >= 0.3 is 17.9 Å². The number of carbonyl (C=O) groups excluding carboxylic acids is 1. The molecule has 0 aromatic carbocycles. The molecule has 0 rings (SSSR count). The molecule has 0 radical (unpaired) electrons. The fraction of sp³-hybridized carbons (Fsp3) is 0.556. The topological polar surface area (TPSA) is 155 Å². The first-order chi connectivity index (χ1) is 7.62. The van der Waals surface area contributed by atoms with E-state index in [-0.39, 0.29) is 0 Å². The molecule has 0 aromatic rings. The van der Waals surface area contributed by atoms with E-state index in [0.29, 0.717) is 0 Å². The molecule has 5 N–H and O–H groups in total. The molecular formula is C9H13NO7. The zero-order valence-corrected chi connectivity index (χ0v) is 9.04. The number of carboxylic acids is 3. The smallest absolute Gasteiger partial charge is 0.331 e. The van der Waals surface area contributed by atoms with Crippen LogP contribution >= 0.6 is 0 Å². The van der Waals surface area contributed by atoms with E-state index in [9.17, 15) is 19.2 Å². The molecule has 0 aromatic heterocycles. The highest BCUT2D eigenvalue weighted by molar-refractivity contribution is 6.14. The van der Waals surface area contributed by atoms with E-state index < -0.39 is 48.0 Å². The summed E-state index contributed by atoms with van der Waals surface area (Å²) in [6.45, 7) is 0.996. The molecule has 0 aliphatic rings. The largest absolute Gasteiger partial charge is 0.481 e. The van der Waals surface area contributed by atoms with Crippen LogP contribution in [0.1, 0.15) is 19.8 Å². The maximum atomic E-state index is 11.6. The monoisotopic (exact) mass is 247 g/mol. The van der Waals surface area contributed by atoms with Crippen LogP contribution in [0.15, 0.2) is 0 Å². The van der Waals surface area contributed by atoms with Crippen LogP contribution in [0.3, 0.4) is 0 Å². The van der Waals surface area contributed by atoms with Crippen molar-refractivity contribution in [3.05, 3.63) is 0 Å². The average molecular weight is 247 g/mol. The van der Waals surface area contributed by atoms with Crippen LogP contribution < -0.4 is 5.73 Å². The highest BCUT2D eigenvalue weighted by Gasteiger charge is 2.46. The molecular weight excluding hydrogens is 234 g/mol. The molecule has 0 saturated heterocycles. The lowest BCUT2D eigenvalue weighted by Gasteiger charge is -2.24. The van der Waals surface area contributed by atoms with Gasteiger partial charge in [0.25, 0.3) is 0 Å². The molecule has 17 heavy (non-hydrogen) atoms. The summed E-state index contributed by atoms with van der Waals surface area (Å²) in [5, 5.41) is 25.8. The highest BCUT2D eigenvalue weighted by Crippen LogP contribution is 2.17. The fourth-order valence-corrected chi connectivity index (χ4v) is 1.14. The molecule has 2 unspecified atom stereocenters. The van der Waals surface area contributed by atoms with Crippen LogP contribution in [0.4, 0.5) is 0 Å². The second-order valence-corrected chi connectivity index (χ2v) is 3.59. The Balaban J connectivity index is 5.07. The summed E-state index contributed by atoms with van der Waals surface area (Å²) in [6, 6.07) is 0. The maximum Gasteiger partial charge on any atom is 0.331 e. The molecule has 0 bridgehead atoms. The molecule has 0 aliphatic carbocycles. The second-order valence-electron chi connectivity index (χ2n) is 3.59. The summed E-state index contributed by atoms with van der Waals surface area (Å²) in [5.41, 5.74) is 2.81. The molecule has 0 aliphatic heterocycles. The van der Waals surface area contributed by atoms with Crippen molar-refractivity contribution in [1.82, 2.24) is 0 Å². The van der Waals surface area contributed by atoms with Crippen molar-refractivity contribution in [1.29, 1.82) is 0 Å². The van der Waals surface area contributed by atoms with E-state index in [0.717, 1.165) is 6.92 Å². The first kappa shape index (κ1) is 15.0. The molecule has 8 heteroatoms. The number of Topliss-reactive ketones (excluding diaryl/α,β-unsaturated/α-hetero) is 1. The van der Waals surface area contributed by atoms with Gasteiger partial charge in [-0.15, -0.1) is 0 Å². The van der Waals surface area contributed by atoms with Gasteiger partial charge in [0, 0.05) is 6.42 Å². The minimum atomic E-state index is -2.49. The van der Waals surface area contributed by atoms with E-state index in [2.05, 4.69) is 0 Å². The Labute approximate surface area is 96.0 Å². The summed E-state index contributed by atoms with van der Waals surface area (Å²) >= 11 is 0. The lowest BCUT2D eigenvalue weighted by molar-refractivity contribution is -0.153. The van der Waals surface area contributed by atoms with Gasteiger partial charge in [0.1, 0.15) is 5.92 Å². The van der Waals surface area contributed by atoms with Crippen LogP contribution in [-0.2, 0) is 19.2 Å². The number of carboxylic acid groups (broad SMARTS) is 3. The Bertz CT molecular complexity index is 364. The van der Waals surface area contributed by atoms with E-state index >= 15 is 0 Å². The summed E-state index contributed by atoms with van der Waals surface area (Å²) in [4.78, 5) is 43.3. The number of hydrogen-bond acceptors (Lipinski definition) is 5. The van der Waals surface area contributed by atoms with Crippen molar-refractivity contribution in [2.45, 2.75) is 25.3 Å². The first-order valence-electron chi connectivity index (χ1n) is 4.64. The van der Waals surface area contributed by atoms with Gasteiger partial charge in [-0.1, -0.05) is 0 Å². The van der Waals surface area contributed by atoms with Crippen LogP contribution in [-0.4, -0.2) is 44.5 Å².